The molecule has 1 heterocycles. The van der Waals surface area contributed by atoms with Gasteiger partial charge in [-0.1, -0.05) is 55.5 Å². The first-order valence-corrected chi connectivity index (χ1v) is 9.93. The number of piperazine rings is 1. The maximum absolute atomic E-state index is 12.7. The molecule has 1 saturated carbocycles. The summed E-state index contributed by atoms with van der Waals surface area (Å²) in [5, 5.41) is 0. The minimum atomic E-state index is -0.625. The van der Waals surface area contributed by atoms with E-state index in [-0.39, 0.29) is 11.8 Å². The van der Waals surface area contributed by atoms with Crippen molar-refractivity contribution in [2.75, 3.05) is 26.2 Å². The molecule has 2 amide bonds. The molecule has 142 valence electrons. The quantitative estimate of drug-likeness (QED) is 0.881. The van der Waals surface area contributed by atoms with Gasteiger partial charge in [0.25, 0.3) is 0 Å². The van der Waals surface area contributed by atoms with E-state index in [1.807, 2.05) is 36.1 Å². The summed E-state index contributed by atoms with van der Waals surface area (Å²) in [5.74, 6) is 0.938. The second-order valence-corrected chi connectivity index (χ2v) is 7.78. The predicted molar refractivity (Wildman–Crippen MR) is 102 cm³/mol. The fraction of sp³-hybridized carbons (Fsp3) is 0.619. The molecule has 0 bridgehead atoms. The van der Waals surface area contributed by atoms with E-state index >= 15 is 0 Å². The number of hydrogen-bond donors (Lipinski definition) is 1. The van der Waals surface area contributed by atoms with Gasteiger partial charge in [-0.3, -0.25) is 9.59 Å². The number of hydrogen-bond acceptors (Lipinski definition) is 3. The number of nitrogens with zero attached hydrogens (tertiary/aromatic N) is 2. The normalized spacial score (nSPS) is 19.6. The minimum Gasteiger partial charge on any atom is -0.339 e. The zero-order chi connectivity index (χ0) is 18.5. The van der Waals surface area contributed by atoms with Crippen LogP contribution in [-0.2, 0) is 9.59 Å². The Morgan fingerprint density at radius 2 is 1.62 bits per heavy atom. The maximum Gasteiger partial charge on any atom is 0.244 e. The Kier molecular flexibility index (Phi) is 6.30. The average molecular weight is 357 g/mol. The molecule has 2 N–H and O–H groups in total. The molecule has 26 heavy (non-hydrogen) atoms. The molecule has 1 aliphatic carbocycles. The number of aryl methyl sites for hydroxylation is 1. The third-order valence-corrected chi connectivity index (χ3v) is 5.89. The molecule has 5 nitrogen and oxygen atoms in total. The fourth-order valence-electron chi connectivity index (χ4n) is 4.07. The van der Waals surface area contributed by atoms with Crippen molar-refractivity contribution >= 4 is 11.8 Å². The average Bonchev–Trinajstić information content (AvgIpc) is 3.19. The van der Waals surface area contributed by atoms with Crippen LogP contribution in [-0.4, -0.2) is 47.8 Å². The van der Waals surface area contributed by atoms with Crippen LogP contribution in [0, 0.1) is 12.8 Å². The van der Waals surface area contributed by atoms with Gasteiger partial charge in [0, 0.05) is 32.6 Å². The van der Waals surface area contributed by atoms with Gasteiger partial charge in [-0.15, -0.1) is 0 Å². The van der Waals surface area contributed by atoms with Crippen molar-refractivity contribution in [3.63, 3.8) is 0 Å². The van der Waals surface area contributed by atoms with Crippen LogP contribution in [0.3, 0.4) is 0 Å². The summed E-state index contributed by atoms with van der Waals surface area (Å²) in [6.07, 6.45) is 6.89. The van der Waals surface area contributed by atoms with Crippen molar-refractivity contribution in [1.82, 2.24) is 9.80 Å². The van der Waals surface area contributed by atoms with Crippen molar-refractivity contribution in [1.29, 1.82) is 0 Å². The highest BCUT2D eigenvalue weighted by Gasteiger charge is 2.28. The minimum absolute atomic E-state index is 0.0492. The van der Waals surface area contributed by atoms with Crippen molar-refractivity contribution in [2.24, 2.45) is 11.7 Å². The summed E-state index contributed by atoms with van der Waals surface area (Å²) in [6, 6.07) is 7.16. The molecule has 5 heteroatoms. The molecule has 3 rings (SSSR count). The summed E-state index contributed by atoms with van der Waals surface area (Å²) in [4.78, 5) is 28.8. The Morgan fingerprint density at radius 3 is 2.23 bits per heavy atom. The zero-order valence-electron chi connectivity index (χ0n) is 15.8. The highest BCUT2D eigenvalue weighted by atomic mass is 16.2. The molecular formula is C21H31N3O2. The largest absolute Gasteiger partial charge is 0.339 e. The van der Waals surface area contributed by atoms with Gasteiger partial charge in [-0.2, -0.15) is 0 Å². The second-order valence-electron chi connectivity index (χ2n) is 7.78. The lowest BCUT2D eigenvalue weighted by Gasteiger charge is -2.36. The van der Waals surface area contributed by atoms with Crippen LogP contribution < -0.4 is 5.73 Å². The molecule has 0 aromatic heterocycles. The first-order valence-electron chi connectivity index (χ1n) is 9.93. The van der Waals surface area contributed by atoms with Crippen molar-refractivity contribution in [3.8, 4) is 0 Å². The summed E-state index contributed by atoms with van der Waals surface area (Å²) >= 11 is 0. The van der Waals surface area contributed by atoms with Crippen molar-refractivity contribution < 1.29 is 9.59 Å². The smallest absolute Gasteiger partial charge is 0.244 e. The van der Waals surface area contributed by atoms with Gasteiger partial charge in [-0.25, -0.2) is 0 Å². The van der Waals surface area contributed by atoms with Crippen molar-refractivity contribution in [2.45, 2.75) is 51.5 Å². The lowest BCUT2D eigenvalue weighted by atomic mass is 10.0. The maximum atomic E-state index is 12.7. The van der Waals surface area contributed by atoms with Gasteiger partial charge < -0.3 is 15.5 Å². The molecule has 1 aromatic carbocycles. The van der Waals surface area contributed by atoms with E-state index < -0.39 is 6.04 Å². The molecule has 2 fully saturated rings. The zero-order valence-corrected chi connectivity index (χ0v) is 15.8. The molecule has 1 atom stereocenters. The summed E-state index contributed by atoms with van der Waals surface area (Å²) in [5.41, 5.74) is 8.15. The standard InChI is InChI=1S/C21H31N3O2/c1-16-6-9-18(10-7-16)20(22)21(26)24-14-12-23(13-15-24)19(25)11-8-17-4-2-3-5-17/h6-7,9-10,17,20H,2-5,8,11-15,22H2,1H3. The third kappa shape index (κ3) is 4.64. The molecule has 1 saturated heterocycles. The van der Waals surface area contributed by atoms with Crippen LogP contribution >= 0.6 is 0 Å². The highest BCUT2D eigenvalue weighted by molar-refractivity contribution is 5.83. The van der Waals surface area contributed by atoms with Gasteiger partial charge in [0.05, 0.1) is 0 Å². The number of amides is 2. The van der Waals surface area contributed by atoms with Crippen LogP contribution in [0.4, 0.5) is 0 Å². The van der Waals surface area contributed by atoms with E-state index in [4.69, 9.17) is 5.73 Å². The first kappa shape index (κ1) is 18.9. The van der Waals surface area contributed by atoms with Gasteiger partial charge in [0.2, 0.25) is 11.8 Å². The number of carbonyl (C=O) groups excluding carboxylic acids is 2. The lowest BCUT2D eigenvalue weighted by Crippen LogP contribution is -2.52. The number of benzene rings is 1. The Morgan fingerprint density at radius 1 is 1.04 bits per heavy atom. The van der Waals surface area contributed by atoms with Gasteiger partial charge in [0.1, 0.15) is 6.04 Å². The molecule has 0 radical (unpaired) electrons. The fourth-order valence-corrected chi connectivity index (χ4v) is 4.07. The first-order chi connectivity index (χ1) is 12.5. The molecule has 1 unspecified atom stereocenters. The Balaban J connectivity index is 1.45. The van der Waals surface area contributed by atoms with E-state index in [9.17, 15) is 9.59 Å². The molecule has 1 aliphatic heterocycles. The SMILES string of the molecule is Cc1ccc(C(N)C(=O)N2CCN(C(=O)CCC3CCCC3)CC2)cc1. The monoisotopic (exact) mass is 357 g/mol. The molecule has 0 spiro atoms. The number of rotatable bonds is 5. The van der Waals surface area contributed by atoms with Gasteiger partial charge >= 0.3 is 0 Å². The van der Waals surface area contributed by atoms with E-state index in [0.717, 1.165) is 23.5 Å². The predicted octanol–water partition coefficient (Wildman–Crippen LogP) is 2.64. The summed E-state index contributed by atoms with van der Waals surface area (Å²) in [7, 11) is 0. The van der Waals surface area contributed by atoms with E-state index in [1.54, 1.807) is 4.90 Å². The van der Waals surface area contributed by atoms with Crippen molar-refractivity contribution in [3.05, 3.63) is 35.4 Å². The summed E-state index contributed by atoms with van der Waals surface area (Å²) in [6.45, 7) is 4.41. The molecule has 1 aromatic rings. The Bertz CT molecular complexity index is 615. The Labute approximate surface area is 156 Å². The highest BCUT2D eigenvalue weighted by Crippen LogP contribution is 2.28. The number of nitrogens with two attached hydrogens (primary N) is 1. The van der Waals surface area contributed by atoms with Crippen LogP contribution in [0.15, 0.2) is 24.3 Å². The third-order valence-electron chi connectivity index (χ3n) is 5.89. The van der Waals surface area contributed by atoms with Crippen LogP contribution in [0.5, 0.6) is 0 Å². The second kappa shape index (κ2) is 8.67. The Hall–Kier alpha value is -1.88. The molecule has 2 aliphatic rings. The van der Waals surface area contributed by atoms with E-state index in [1.165, 1.54) is 25.7 Å². The summed E-state index contributed by atoms with van der Waals surface area (Å²) < 4.78 is 0. The molecular weight excluding hydrogens is 326 g/mol. The van der Waals surface area contributed by atoms with Crippen LogP contribution in [0.1, 0.15) is 55.7 Å². The topological polar surface area (TPSA) is 66.6 Å². The van der Waals surface area contributed by atoms with E-state index in [0.29, 0.717) is 32.6 Å². The van der Waals surface area contributed by atoms with Gasteiger partial charge in [-0.05, 0) is 24.8 Å². The number of carbonyl (C=O) groups is 2. The van der Waals surface area contributed by atoms with Gasteiger partial charge in [0.15, 0.2) is 0 Å². The van der Waals surface area contributed by atoms with Crippen LogP contribution in [0.25, 0.3) is 0 Å². The lowest BCUT2D eigenvalue weighted by molar-refractivity contribution is -0.140. The van der Waals surface area contributed by atoms with Crippen LogP contribution in [0.2, 0.25) is 0 Å². The van der Waals surface area contributed by atoms with E-state index in [2.05, 4.69) is 0 Å².